The fourth-order valence-electron chi connectivity index (χ4n) is 4.34. The number of benzene rings is 2. The number of nitrogens with one attached hydrogen (secondary N) is 3. The first-order valence-electron chi connectivity index (χ1n) is 12.7. The second kappa shape index (κ2) is 13.4. The molecule has 12 heteroatoms. The Balaban J connectivity index is 1.83. The molecule has 3 rings (SSSR count). The molecule has 216 valence electrons. The summed E-state index contributed by atoms with van der Waals surface area (Å²) in [6.45, 7) is 5.65. The molecule has 1 heterocycles. The highest BCUT2D eigenvalue weighted by Crippen LogP contribution is 2.32. The van der Waals surface area contributed by atoms with Gasteiger partial charge < -0.3 is 20.8 Å². The van der Waals surface area contributed by atoms with Crippen LogP contribution in [0.5, 0.6) is 0 Å². The van der Waals surface area contributed by atoms with Crippen molar-refractivity contribution in [1.82, 2.24) is 15.6 Å². The Hall–Kier alpha value is -3.32. The van der Waals surface area contributed by atoms with Crippen molar-refractivity contribution in [3.05, 3.63) is 82.9 Å². The molecule has 40 heavy (non-hydrogen) atoms. The average molecular weight is 589 g/mol. The molecule has 2 amide bonds. The summed E-state index contributed by atoms with van der Waals surface area (Å²) in [7, 11) is -3.58. The van der Waals surface area contributed by atoms with Gasteiger partial charge in [0.05, 0.1) is 24.3 Å². The van der Waals surface area contributed by atoms with Crippen LogP contribution in [-0.2, 0) is 27.8 Å². The van der Waals surface area contributed by atoms with Crippen LogP contribution in [0.4, 0.5) is 5.13 Å². The van der Waals surface area contributed by atoms with Gasteiger partial charge in [0.25, 0.3) is 5.91 Å². The first-order valence-corrected chi connectivity index (χ1v) is 15.5. The lowest BCUT2D eigenvalue weighted by Gasteiger charge is -2.38. The van der Waals surface area contributed by atoms with Gasteiger partial charge in [0.15, 0.2) is 5.13 Å². The normalized spacial score (nSPS) is 14.9. The molecule has 0 fully saturated rings. The number of amides is 2. The quantitative estimate of drug-likeness (QED) is 0.218. The maximum Gasteiger partial charge on any atom is 0.271 e. The van der Waals surface area contributed by atoms with Gasteiger partial charge in [0, 0.05) is 11.9 Å². The molecule has 4 atom stereocenters. The molecule has 0 aliphatic carbocycles. The summed E-state index contributed by atoms with van der Waals surface area (Å²) in [4.78, 5) is 30.4. The highest BCUT2D eigenvalue weighted by atomic mass is 32.2. The second-order valence-electron chi connectivity index (χ2n) is 10.7. The lowest BCUT2D eigenvalue weighted by molar-refractivity contribution is -0.140. The molecular weight excluding hydrogens is 552 g/mol. The first-order chi connectivity index (χ1) is 18.7. The zero-order valence-electron chi connectivity index (χ0n) is 22.9. The minimum Gasteiger partial charge on any atom is -0.389 e. The summed E-state index contributed by atoms with van der Waals surface area (Å²) in [5, 5.41) is 29.8. The predicted molar refractivity (Wildman–Crippen MR) is 155 cm³/mol. The molecule has 0 bridgehead atoms. The first kappa shape index (κ1) is 31.2. The Kier molecular flexibility index (Phi) is 10.4. The Labute approximate surface area is 238 Å². The van der Waals surface area contributed by atoms with Crippen LogP contribution in [0.25, 0.3) is 0 Å². The summed E-state index contributed by atoms with van der Waals surface area (Å²) in [5.74, 6) is -2.10. The smallest absolute Gasteiger partial charge is 0.271 e. The van der Waals surface area contributed by atoms with Crippen LogP contribution in [0.3, 0.4) is 0 Å². The van der Waals surface area contributed by atoms with E-state index in [0.717, 1.165) is 28.7 Å². The summed E-state index contributed by atoms with van der Waals surface area (Å²) in [5.41, 5.74) is 0.895. The van der Waals surface area contributed by atoms with E-state index in [1.807, 2.05) is 60.7 Å². The van der Waals surface area contributed by atoms with Crippen LogP contribution < -0.4 is 15.4 Å². The zero-order valence-corrected chi connectivity index (χ0v) is 24.5. The van der Waals surface area contributed by atoms with Gasteiger partial charge >= 0.3 is 0 Å². The molecule has 5 N–H and O–H groups in total. The van der Waals surface area contributed by atoms with Crippen LogP contribution in [0.1, 0.15) is 42.4 Å². The van der Waals surface area contributed by atoms with Gasteiger partial charge in [0.1, 0.15) is 11.8 Å². The van der Waals surface area contributed by atoms with Crippen molar-refractivity contribution in [2.45, 2.75) is 52.0 Å². The van der Waals surface area contributed by atoms with E-state index in [1.165, 1.54) is 5.38 Å². The van der Waals surface area contributed by atoms with E-state index < -0.39 is 51.4 Å². The van der Waals surface area contributed by atoms with Crippen molar-refractivity contribution in [3.8, 4) is 0 Å². The van der Waals surface area contributed by atoms with Crippen LogP contribution in [0, 0.1) is 11.3 Å². The van der Waals surface area contributed by atoms with Crippen LogP contribution in [-0.4, -0.2) is 59.9 Å². The van der Waals surface area contributed by atoms with E-state index in [2.05, 4.69) is 20.3 Å². The predicted octanol–water partition coefficient (Wildman–Crippen LogP) is 2.56. The maximum atomic E-state index is 13.3. The SMILES string of the molecule is CC(C)(C)C(C(=O)NCc1ccccc1)C(O)C(O)C(Cc1ccccc1)NC(=O)c1csc(NS(C)(=O)=O)n1. The molecule has 2 aromatic carbocycles. The highest BCUT2D eigenvalue weighted by Gasteiger charge is 2.43. The molecule has 0 spiro atoms. The van der Waals surface area contributed by atoms with Crippen molar-refractivity contribution in [2.75, 3.05) is 11.0 Å². The Morgan fingerprint density at radius 1 is 0.950 bits per heavy atom. The Bertz CT molecular complexity index is 1370. The lowest BCUT2D eigenvalue weighted by Crippen LogP contribution is -2.56. The number of aliphatic hydroxyl groups is 2. The Morgan fingerprint density at radius 2 is 1.52 bits per heavy atom. The Morgan fingerprint density at radius 3 is 2.08 bits per heavy atom. The molecule has 0 aliphatic heterocycles. The van der Waals surface area contributed by atoms with Crippen molar-refractivity contribution in [1.29, 1.82) is 0 Å². The third-order valence-corrected chi connectivity index (χ3v) is 7.70. The van der Waals surface area contributed by atoms with E-state index in [0.29, 0.717) is 0 Å². The number of sulfonamides is 1. The van der Waals surface area contributed by atoms with Crippen LogP contribution >= 0.6 is 11.3 Å². The van der Waals surface area contributed by atoms with E-state index in [4.69, 9.17) is 0 Å². The number of hydrogen-bond acceptors (Lipinski definition) is 8. The van der Waals surface area contributed by atoms with Crippen molar-refractivity contribution in [2.24, 2.45) is 11.3 Å². The molecular formula is C28H36N4O6S2. The minimum absolute atomic E-state index is 0.0238. The minimum atomic E-state index is -3.58. The largest absolute Gasteiger partial charge is 0.389 e. The van der Waals surface area contributed by atoms with Gasteiger partial charge in [-0.15, -0.1) is 11.3 Å². The highest BCUT2D eigenvalue weighted by molar-refractivity contribution is 7.92. The number of hydrogen-bond donors (Lipinski definition) is 5. The van der Waals surface area contributed by atoms with Crippen LogP contribution in [0.2, 0.25) is 0 Å². The average Bonchev–Trinajstić information content (AvgIpc) is 3.34. The zero-order chi connectivity index (χ0) is 29.5. The third-order valence-electron chi connectivity index (χ3n) is 6.25. The fraction of sp³-hybridized carbons (Fsp3) is 0.393. The van der Waals surface area contributed by atoms with Crippen molar-refractivity contribution >= 4 is 38.3 Å². The van der Waals surface area contributed by atoms with Crippen molar-refractivity contribution < 1.29 is 28.2 Å². The summed E-state index contributed by atoms with van der Waals surface area (Å²) in [6.07, 6.45) is -1.92. The molecule has 0 radical (unpaired) electrons. The number of carbonyl (C=O) groups excluding carboxylic acids is 2. The summed E-state index contributed by atoms with van der Waals surface area (Å²) < 4.78 is 25.3. The summed E-state index contributed by atoms with van der Waals surface area (Å²) in [6, 6.07) is 17.5. The second-order valence-corrected chi connectivity index (χ2v) is 13.3. The fourth-order valence-corrected chi connectivity index (χ4v) is 5.89. The van der Waals surface area contributed by atoms with Gasteiger partial charge in [-0.05, 0) is 23.0 Å². The van der Waals surface area contributed by atoms with Crippen molar-refractivity contribution in [3.63, 3.8) is 0 Å². The monoisotopic (exact) mass is 588 g/mol. The van der Waals surface area contributed by atoms with Gasteiger partial charge in [-0.1, -0.05) is 81.4 Å². The van der Waals surface area contributed by atoms with Gasteiger partial charge in [-0.3, -0.25) is 14.3 Å². The summed E-state index contributed by atoms with van der Waals surface area (Å²) >= 11 is 0.939. The number of nitrogens with zero attached hydrogens (tertiary/aromatic N) is 1. The van der Waals surface area contributed by atoms with Gasteiger partial charge in [-0.2, -0.15) is 0 Å². The molecule has 0 saturated carbocycles. The molecule has 1 aromatic heterocycles. The van der Waals surface area contributed by atoms with Gasteiger partial charge in [-0.25, -0.2) is 13.4 Å². The lowest BCUT2D eigenvalue weighted by atomic mass is 9.74. The molecule has 3 aromatic rings. The molecule has 10 nitrogen and oxygen atoms in total. The maximum absolute atomic E-state index is 13.3. The molecule has 0 saturated heterocycles. The standard InChI is InChI=1S/C28H36N4O6S2/c1-28(2,3)22(26(36)29-16-19-13-9-6-10-14-19)24(34)23(33)20(15-18-11-7-5-8-12-18)30-25(35)21-17-39-27(31-21)32-40(4,37)38/h5-14,17,20,22-24,33-34H,15-16H2,1-4H3,(H,29,36)(H,30,35)(H,31,32). The number of anilines is 1. The molecule has 0 aliphatic rings. The number of aromatic nitrogens is 1. The van der Waals surface area contributed by atoms with Crippen LogP contribution in [0.15, 0.2) is 66.0 Å². The van der Waals surface area contributed by atoms with Gasteiger partial charge in [0.2, 0.25) is 15.9 Å². The van der Waals surface area contributed by atoms with E-state index >= 15 is 0 Å². The van der Waals surface area contributed by atoms with E-state index in [1.54, 1.807) is 20.8 Å². The van der Waals surface area contributed by atoms with E-state index in [-0.39, 0.29) is 23.8 Å². The topological polar surface area (TPSA) is 158 Å². The number of thiazole rings is 1. The number of carbonyl (C=O) groups is 2. The van der Waals surface area contributed by atoms with E-state index in [9.17, 15) is 28.2 Å². The molecule has 4 unspecified atom stereocenters. The number of rotatable bonds is 12. The number of aliphatic hydroxyl groups excluding tert-OH is 2. The third kappa shape index (κ3) is 9.12.